The summed E-state index contributed by atoms with van der Waals surface area (Å²) in [5.74, 6) is -0.602. The first-order valence-corrected chi connectivity index (χ1v) is 5.99. The molecule has 0 spiro atoms. The Kier molecular flexibility index (Phi) is 3.12. The lowest BCUT2D eigenvalue weighted by Crippen LogP contribution is -2.64. The molecule has 2 atom stereocenters. The van der Waals surface area contributed by atoms with E-state index in [1.807, 2.05) is 6.08 Å². The summed E-state index contributed by atoms with van der Waals surface area (Å²) in [5.41, 5.74) is 0.743. The predicted molar refractivity (Wildman–Crippen MR) is 66.4 cm³/mol. The number of aliphatic hydroxyl groups excluding tert-OH is 1. The van der Waals surface area contributed by atoms with Gasteiger partial charge in [0, 0.05) is 13.0 Å². The standard InChI is InChI=1S/C13H18N2O3/c1-8-6-9(2)11(17)15(7-8)13(3)5-4-10(16)14-12(13)18/h6,11,17H,1,4-5,7H2,2-3H3,(H,14,16,18)/t11-,13+/m0/s1. The molecular weight excluding hydrogens is 232 g/mol. The molecule has 18 heavy (non-hydrogen) atoms. The molecule has 2 rings (SSSR count). The van der Waals surface area contributed by atoms with Crippen LogP contribution < -0.4 is 5.32 Å². The van der Waals surface area contributed by atoms with Crippen molar-refractivity contribution in [1.82, 2.24) is 10.2 Å². The highest BCUT2D eigenvalue weighted by atomic mass is 16.3. The molecule has 0 bridgehead atoms. The topological polar surface area (TPSA) is 69.6 Å². The number of piperidine rings is 1. The second-order valence-corrected chi connectivity index (χ2v) is 5.20. The highest BCUT2D eigenvalue weighted by Gasteiger charge is 2.46. The number of nitrogens with zero attached hydrogens (tertiary/aromatic N) is 1. The van der Waals surface area contributed by atoms with Gasteiger partial charge in [-0.15, -0.1) is 0 Å². The van der Waals surface area contributed by atoms with E-state index in [4.69, 9.17) is 0 Å². The first-order chi connectivity index (χ1) is 8.34. The fourth-order valence-corrected chi connectivity index (χ4v) is 2.51. The van der Waals surface area contributed by atoms with Crippen molar-refractivity contribution in [3.8, 4) is 0 Å². The highest BCUT2D eigenvalue weighted by Crippen LogP contribution is 2.31. The maximum atomic E-state index is 12.1. The molecule has 5 nitrogen and oxygen atoms in total. The van der Waals surface area contributed by atoms with E-state index in [0.717, 1.165) is 11.1 Å². The summed E-state index contributed by atoms with van der Waals surface area (Å²) in [5, 5.41) is 12.5. The summed E-state index contributed by atoms with van der Waals surface area (Å²) in [6.45, 7) is 7.87. The van der Waals surface area contributed by atoms with Crippen LogP contribution in [0.4, 0.5) is 0 Å². The minimum absolute atomic E-state index is 0.255. The molecule has 1 saturated heterocycles. The van der Waals surface area contributed by atoms with Gasteiger partial charge in [-0.3, -0.25) is 19.8 Å². The number of hydrogen-bond acceptors (Lipinski definition) is 4. The lowest BCUT2D eigenvalue weighted by molar-refractivity contribution is -0.149. The molecule has 2 heterocycles. The molecule has 1 fully saturated rings. The van der Waals surface area contributed by atoms with Gasteiger partial charge in [-0.2, -0.15) is 0 Å². The summed E-state index contributed by atoms with van der Waals surface area (Å²) in [6, 6.07) is 0. The van der Waals surface area contributed by atoms with Crippen LogP contribution in [0.1, 0.15) is 26.7 Å². The fourth-order valence-electron chi connectivity index (χ4n) is 2.51. The van der Waals surface area contributed by atoms with Crippen LogP contribution in [-0.2, 0) is 9.59 Å². The van der Waals surface area contributed by atoms with Crippen molar-refractivity contribution in [3.63, 3.8) is 0 Å². The molecule has 98 valence electrons. The van der Waals surface area contributed by atoms with Gasteiger partial charge >= 0.3 is 0 Å². The summed E-state index contributed by atoms with van der Waals surface area (Å²) in [6.07, 6.45) is 1.73. The van der Waals surface area contributed by atoms with Crippen molar-refractivity contribution >= 4 is 11.8 Å². The lowest BCUT2D eigenvalue weighted by Gasteiger charge is -2.46. The third-order valence-electron chi connectivity index (χ3n) is 3.72. The minimum Gasteiger partial charge on any atom is -0.374 e. The molecule has 2 amide bonds. The van der Waals surface area contributed by atoms with Crippen molar-refractivity contribution in [1.29, 1.82) is 0 Å². The molecule has 0 aliphatic carbocycles. The molecule has 2 aliphatic heterocycles. The van der Waals surface area contributed by atoms with Gasteiger partial charge in [0.15, 0.2) is 0 Å². The van der Waals surface area contributed by atoms with Gasteiger partial charge in [-0.05, 0) is 31.4 Å². The first-order valence-electron chi connectivity index (χ1n) is 5.99. The maximum absolute atomic E-state index is 12.1. The van der Waals surface area contributed by atoms with E-state index in [-0.39, 0.29) is 11.8 Å². The number of carbonyl (C=O) groups is 2. The molecule has 0 aromatic carbocycles. The number of amides is 2. The van der Waals surface area contributed by atoms with Crippen LogP contribution in [0.3, 0.4) is 0 Å². The third-order valence-corrected chi connectivity index (χ3v) is 3.72. The molecular formula is C13H18N2O3. The number of carbonyl (C=O) groups excluding carboxylic acids is 2. The second kappa shape index (κ2) is 4.33. The smallest absolute Gasteiger partial charge is 0.246 e. The van der Waals surface area contributed by atoms with Gasteiger partial charge in [0.25, 0.3) is 0 Å². The van der Waals surface area contributed by atoms with Crippen LogP contribution in [-0.4, -0.2) is 40.1 Å². The third kappa shape index (κ3) is 2.00. The summed E-state index contributed by atoms with van der Waals surface area (Å²) < 4.78 is 0. The maximum Gasteiger partial charge on any atom is 0.246 e. The fraction of sp³-hybridized carbons (Fsp3) is 0.538. The Morgan fingerprint density at radius 1 is 1.56 bits per heavy atom. The van der Waals surface area contributed by atoms with Crippen molar-refractivity contribution in [3.05, 3.63) is 23.8 Å². The zero-order chi connectivity index (χ0) is 13.5. The summed E-state index contributed by atoms with van der Waals surface area (Å²) >= 11 is 0. The van der Waals surface area contributed by atoms with Crippen LogP contribution in [0.15, 0.2) is 23.8 Å². The van der Waals surface area contributed by atoms with Crippen LogP contribution in [0.5, 0.6) is 0 Å². The van der Waals surface area contributed by atoms with Crippen molar-refractivity contribution in [2.45, 2.75) is 38.5 Å². The number of aliphatic hydroxyl groups is 1. The van der Waals surface area contributed by atoms with E-state index in [1.165, 1.54) is 0 Å². The Labute approximate surface area is 106 Å². The van der Waals surface area contributed by atoms with Crippen LogP contribution in [0.25, 0.3) is 0 Å². The van der Waals surface area contributed by atoms with E-state index >= 15 is 0 Å². The Balaban J connectivity index is 2.30. The van der Waals surface area contributed by atoms with E-state index in [9.17, 15) is 14.7 Å². The van der Waals surface area contributed by atoms with Gasteiger partial charge in [0.1, 0.15) is 11.8 Å². The Morgan fingerprint density at radius 3 is 2.83 bits per heavy atom. The molecule has 0 saturated carbocycles. The lowest BCUT2D eigenvalue weighted by atomic mass is 9.86. The average Bonchev–Trinajstić information content (AvgIpc) is 2.29. The number of nitrogens with one attached hydrogen (secondary N) is 1. The van der Waals surface area contributed by atoms with E-state index in [2.05, 4.69) is 11.9 Å². The number of rotatable bonds is 1. The molecule has 0 aromatic heterocycles. The largest absolute Gasteiger partial charge is 0.374 e. The highest BCUT2D eigenvalue weighted by molar-refractivity contribution is 6.02. The predicted octanol–water partition coefficient (Wildman–Crippen LogP) is 0.318. The normalized spacial score (nSPS) is 34.3. The first kappa shape index (κ1) is 13.0. The SMILES string of the molecule is C=C1C=C(C)[C@H](O)N([C@]2(C)CCC(=O)NC2=O)C1. The summed E-state index contributed by atoms with van der Waals surface area (Å²) in [4.78, 5) is 25.0. The second-order valence-electron chi connectivity index (χ2n) is 5.20. The van der Waals surface area contributed by atoms with Crippen LogP contribution in [0, 0.1) is 0 Å². The Morgan fingerprint density at radius 2 is 2.22 bits per heavy atom. The van der Waals surface area contributed by atoms with Gasteiger partial charge in [0.2, 0.25) is 11.8 Å². The molecule has 0 unspecified atom stereocenters. The van der Waals surface area contributed by atoms with Crippen LogP contribution >= 0.6 is 0 Å². The molecule has 2 N–H and O–H groups in total. The number of imide groups is 1. The van der Waals surface area contributed by atoms with Crippen molar-refractivity contribution < 1.29 is 14.7 Å². The van der Waals surface area contributed by atoms with Crippen LogP contribution in [0.2, 0.25) is 0 Å². The van der Waals surface area contributed by atoms with E-state index in [1.54, 1.807) is 18.7 Å². The Bertz CT molecular complexity index is 455. The monoisotopic (exact) mass is 250 g/mol. The summed E-state index contributed by atoms with van der Waals surface area (Å²) in [7, 11) is 0. The van der Waals surface area contributed by atoms with Gasteiger partial charge in [0.05, 0.1) is 0 Å². The van der Waals surface area contributed by atoms with Gasteiger partial charge < -0.3 is 5.11 Å². The van der Waals surface area contributed by atoms with Gasteiger partial charge in [-0.25, -0.2) is 0 Å². The number of hydrogen-bond donors (Lipinski definition) is 2. The molecule has 2 aliphatic rings. The quantitative estimate of drug-likeness (QED) is 0.657. The van der Waals surface area contributed by atoms with Crippen molar-refractivity contribution in [2.24, 2.45) is 0 Å². The molecule has 0 aromatic rings. The Hall–Kier alpha value is -1.46. The molecule has 0 radical (unpaired) electrons. The zero-order valence-corrected chi connectivity index (χ0v) is 10.7. The minimum atomic E-state index is -0.869. The zero-order valence-electron chi connectivity index (χ0n) is 10.7. The molecule has 5 heteroatoms. The van der Waals surface area contributed by atoms with E-state index < -0.39 is 11.8 Å². The van der Waals surface area contributed by atoms with E-state index in [0.29, 0.717) is 19.4 Å². The average molecular weight is 250 g/mol. The van der Waals surface area contributed by atoms with Gasteiger partial charge in [-0.1, -0.05) is 12.7 Å². The van der Waals surface area contributed by atoms with Crippen molar-refractivity contribution in [2.75, 3.05) is 6.54 Å².